The number of hydrogen-bond donors (Lipinski definition) is 2. The van der Waals surface area contributed by atoms with Crippen LogP contribution in [0.25, 0.3) is 0 Å². The van der Waals surface area contributed by atoms with Gasteiger partial charge >= 0.3 is 5.97 Å². The molecule has 5 heteroatoms. The molecule has 0 saturated heterocycles. The Labute approximate surface area is 60.3 Å². The number of halogens is 1. The lowest BCUT2D eigenvalue weighted by atomic mass is 10.3. The molecule has 58 valence electrons. The van der Waals surface area contributed by atoms with Crippen molar-refractivity contribution in [2.45, 2.75) is 0 Å². The van der Waals surface area contributed by atoms with E-state index in [1.165, 1.54) is 0 Å². The molecule has 0 amide bonds. The van der Waals surface area contributed by atoms with E-state index >= 15 is 0 Å². The molecular weight excluding hydrogens is 153 g/mol. The van der Waals surface area contributed by atoms with Crippen molar-refractivity contribution < 1.29 is 14.3 Å². The number of nitrogens with one attached hydrogen (secondary N) is 1. The fourth-order valence-electron chi connectivity index (χ4n) is 0.611. The van der Waals surface area contributed by atoms with Crippen LogP contribution in [0.2, 0.25) is 0 Å². The van der Waals surface area contributed by atoms with Gasteiger partial charge in [0.15, 0.2) is 0 Å². The first-order chi connectivity index (χ1) is 5.11. The molecule has 0 aliphatic carbocycles. The average Bonchev–Trinajstić information content (AvgIpc) is 1.85. The summed E-state index contributed by atoms with van der Waals surface area (Å²) in [6, 6.07) is 0.587. The lowest BCUT2D eigenvalue weighted by Gasteiger charge is -1.92. The maximum Gasteiger partial charge on any atom is 0.340 e. The second-order valence-corrected chi connectivity index (χ2v) is 1.86. The summed E-state index contributed by atoms with van der Waals surface area (Å²) < 4.78 is 12.5. The molecule has 0 unspecified atom stereocenters. The summed E-state index contributed by atoms with van der Waals surface area (Å²) in [5.74, 6) is -2.43. The molecule has 0 radical (unpaired) electrons. The monoisotopic (exact) mass is 157 g/mol. The first-order valence-corrected chi connectivity index (χ1v) is 2.73. The maximum absolute atomic E-state index is 12.5. The number of hydrogen-bond acceptors (Lipinski definition) is 2. The van der Waals surface area contributed by atoms with Crippen LogP contribution >= 0.6 is 0 Å². The van der Waals surface area contributed by atoms with E-state index in [9.17, 15) is 14.0 Å². The Hall–Kier alpha value is -1.65. The number of aromatic amines is 1. The highest BCUT2D eigenvalue weighted by molar-refractivity contribution is 5.87. The Morgan fingerprint density at radius 1 is 1.64 bits per heavy atom. The largest absolute Gasteiger partial charge is 0.478 e. The predicted molar refractivity (Wildman–Crippen MR) is 34.0 cm³/mol. The smallest absolute Gasteiger partial charge is 0.340 e. The van der Waals surface area contributed by atoms with Gasteiger partial charge in [-0.05, 0) is 0 Å². The van der Waals surface area contributed by atoms with Crippen molar-refractivity contribution >= 4 is 5.97 Å². The van der Waals surface area contributed by atoms with E-state index in [1.54, 1.807) is 0 Å². The van der Waals surface area contributed by atoms with Gasteiger partial charge in [0.1, 0.15) is 11.4 Å². The molecule has 0 aliphatic rings. The molecular formula is C6H4FNO3. The fraction of sp³-hybridized carbons (Fsp3) is 0. The number of carboxylic acids is 1. The Balaban J connectivity index is 3.31. The first kappa shape index (κ1) is 7.46. The van der Waals surface area contributed by atoms with Crippen LogP contribution in [0.5, 0.6) is 0 Å². The van der Waals surface area contributed by atoms with Crippen LogP contribution in [0, 0.1) is 5.82 Å². The highest BCUT2D eigenvalue weighted by Gasteiger charge is 2.09. The minimum absolute atomic E-state index is 0.537. The Kier molecular flexibility index (Phi) is 1.72. The van der Waals surface area contributed by atoms with Gasteiger partial charge in [-0.15, -0.1) is 0 Å². The third-order valence-corrected chi connectivity index (χ3v) is 1.10. The summed E-state index contributed by atoms with van der Waals surface area (Å²) in [5.41, 5.74) is -1.20. The number of carboxylic acid groups (broad SMARTS) is 1. The highest BCUT2D eigenvalue weighted by atomic mass is 19.1. The summed E-state index contributed by atoms with van der Waals surface area (Å²) in [6.07, 6.45) is 0.819. The van der Waals surface area contributed by atoms with Gasteiger partial charge in [-0.3, -0.25) is 4.79 Å². The van der Waals surface area contributed by atoms with Gasteiger partial charge in [0.25, 0.3) is 5.56 Å². The van der Waals surface area contributed by atoms with Crippen LogP contribution in [0.1, 0.15) is 10.4 Å². The second kappa shape index (κ2) is 2.53. The van der Waals surface area contributed by atoms with Crippen LogP contribution in [0.3, 0.4) is 0 Å². The van der Waals surface area contributed by atoms with Crippen LogP contribution in [0.15, 0.2) is 17.1 Å². The average molecular weight is 157 g/mol. The van der Waals surface area contributed by atoms with E-state index in [1.807, 2.05) is 4.98 Å². The summed E-state index contributed by atoms with van der Waals surface area (Å²) in [7, 11) is 0. The minimum Gasteiger partial charge on any atom is -0.478 e. The van der Waals surface area contributed by atoms with Crippen molar-refractivity contribution in [1.29, 1.82) is 0 Å². The predicted octanol–water partition coefficient (Wildman–Crippen LogP) is 0.212. The van der Waals surface area contributed by atoms with Crippen LogP contribution < -0.4 is 5.56 Å². The molecule has 0 aliphatic heterocycles. The molecule has 0 saturated carbocycles. The molecule has 1 heterocycles. The van der Waals surface area contributed by atoms with E-state index in [-0.39, 0.29) is 0 Å². The molecule has 0 aromatic carbocycles. The molecule has 4 nitrogen and oxygen atoms in total. The maximum atomic E-state index is 12.5. The number of pyridine rings is 1. The van der Waals surface area contributed by atoms with Crippen LogP contribution in [-0.2, 0) is 0 Å². The van der Waals surface area contributed by atoms with Crippen molar-refractivity contribution in [3.8, 4) is 0 Å². The molecule has 0 fully saturated rings. The Morgan fingerprint density at radius 3 is 2.73 bits per heavy atom. The van der Waals surface area contributed by atoms with Gasteiger partial charge in [-0.2, -0.15) is 0 Å². The van der Waals surface area contributed by atoms with E-state index < -0.39 is 22.9 Å². The second-order valence-electron chi connectivity index (χ2n) is 1.86. The van der Waals surface area contributed by atoms with Crippen molar-refractivity contribution in [2.24, 2.45) is 0 Å². The number of H-pyrrole nitrogens is 1. The number of carbonyl (C=O) groups is 1. The quantitative estimate of drug-likeness (QED) is 0.612. The van der Waals surface area contributed by atoms with Crippen LogP contribution in [-0.4, -0.2) is 16.1 Å². The molecule has 0 bridgehead atoms. The molecule has 0 atom stereocenters. The Bertz CT molecular complexity index is 344. The third kappa shape index (κ3) is 1.43. The molecule has 2 N–H and O–H groups in total. The summed E-state index contributed by atoms with van der Waals surface area (Å²) >= 11 is 0. The fourth-order valence-corrected chi connectivity index (χ4v) is 0.611. The highest BCUT2D eigenvalue weighted by Crippen LogP contribution is 2.00. The van der Waals surface area contributed by atoms with Crippen molar-refractivity contribution in [3.63, 3.8) is 0 Å². The van der Waals surface area contributed by atoms with E-state index in [2.05, 4.69) is 0 Å². The molecule has 11 heavy (non-hydrogen) atoms. The summed E-state index contributed by atoms with van der Waals surface area (Å²) in [5, 5.41) is 8.29. The summed E-state index contributed by atoms with van der Waals surface area (Å²) in [6.45, 7) is 0. The molecule has 0 spiro atoms. The summed E-state index contributed by atoms with van der Waals surface area (Å²) in [4.78, 5) is 22.6. The first-order valence-electron chi connectivity index (χ1n) is 2.73. The van der Waals surface area contributed by atoms with Gasteiger partial charge in [0.2, 0.25) is 0 Å². The standard InChI is InChI=1S/C6H4FNO3/c7-4-1-5(9)8-2-3(4)6(10)11/h1-2H,(H,8,9)(H,10,11). The Morgan fingerprint density at radius 2 is 2.27 bits per heavy atom. The number of rotatable bonds is 1. The van der Waals surface area contributed by atoms with Gasteiger partial charge in [-0.25, -0.2) is 9.18 Å². The van der Waals surface area contributed by atoms with Crippen molar-refractivity contribution in [2.75, 3.05) is 0 Å². The van der Waals surface area contributed by atoms with Gasteiger partial charge in [0, 0.05) is 12.3 Å². The minimum atomic E-state index is -1.40. The zero-order valence-corrected chi connectivity index (χ0v) is 5.30. The van der Waals surface area contributed by atoms with Crippen LogP contribution in [0.4, 0.5) is 4.39 Å². The van der Waals surface area contributed by atoms with Crippen molar-refractivity contribution in [1.82, 2.24) is 4.98 Å². The topological polar surface area (TPSA) is 70.2 Å². The van der Waals surface area contributed by atoms with Gasteiger partial charge in [-0.1, -0.05) is 0 Å². The molecule has 1 aromatic heterocycles. The number of aromatic nitrogens is 1. The van der Waals surface area contributed by atoms with E-state index in [0.717, 1.165) is 6.20 Å². The SMILES string of the molecule is O=C(O)c1c[nH]c(=O)cc1F. The normalized spacial score (nSPS) is 9.55. The zero-order chi connectivity index (χ0) is 8.43. The molecule has 1 aromatic rings. The van der Waals surface area contributed by atoms with E-state index in [0.29, 0.717) is 6.07 Å². The third-order valence-electron chi connectivity index (χ3n) is 1.10. The lowest BCUT2D eigenvalue weighted by Crippen LogP contribution is -2.10. The lowest BCUT2D eigenvalue weighted by molar-refractivity contribution is 0.0691. The van der Waals surface area contributed by atoms with Gasteiger partial charge in [0.05, 0.1) is 0 Å². The van der Waals surface area contributed by atoms with Gasteiger partial charge < -0.3 is 10.1 Å². The van der Waals surface area contributed by atoms with Crippen molar-refractivity contribution in [3.05, 3.63) is 34.0 Å². The number of aromatic carboxylic acids is 1. The van der Waals surface area contributed by atoms with E-state index in [4.69, 9.17) is 5.11 Å². The zero-order valence-electron chi connectivity index (χ0n) is 5.30. The molecule has 1 rings (SSSR count).